The summed E-state index contributed by atoms with van der Waals surface area (Å²) in [4.78, 5) is 33.2. The molecule has 0 unspecified atom stereocenters. The van der Waals surface area contributed by atoms with Gasteiger partial charge in [0.05, 0.1) is 0 Å². The maximum absolute atomic E-state index is 6.17. The van der Waals surface area contributed by atoms with Crippen LogP contribution in [0.4, 0.5) is 0 Å². The molecule has 8 N–H and O–H groups in total. The zero-order valence-electron chi connectivity index (χ0n) is 22.6. The molecule has 0 saturated carbocycles. The summed E-state index contributed by atoms with van der Waals surface area (Å²) in [5, 5.41) is 3.08. The number of aliphatic imine (C=N–C) groups is 4. The lowest BCUT2D eigenvalue weighted by Gasteiger charge is -2.23. The molecule has 0 atom stereocenters. The first-order valence-corrected chi connectivity index (χ1v) is 12.3. The molecule has 0 aromatic carbocycles. The molecule has 0 aliphatic heterocycles. The zero-order chi connectivity index (χ0) is 28.2. The van der Waals surface area contributed by atoms with Crippen molar-refractivity contribution in [2.24, 2.45) is 42.9 Å². The summed E-state index contributed by atoms with van der Waals surface area (Å²) in [5.74, 6) is 0.371. The van der Waals surface area contributed by atoms with Crippen molar-refractivity contribution in [2.75, 3.05) is 23.3 Å². The van der Waals surface area contributed by atoms with Gasteiger partial charge >= 0.3 is 0 Å². The van der Waals surface area contributed by atoms with Gasteiger partial charge in [-0.05, 0) is 12.8 Å². The van der Waals surface area contributed by atoms with Crippen molar-refractivity contribution in [2.45, 2.75) is 25.7 Å². The van der Waals surface area contributed by atoms with Gasteiger partial charge in [-0.2, -0.15) is 9.98 Å². The third-order valence-corrected chi connectivity index (χ3v) is 5.32. The Morgan fingerprint density at radius 1 is 0.524 bits per heavy atom. The number of rotatable bonds is 11. The zero-order valence-corrected chi connectivity index (χ0v) is 24.2. The summed E-state index contributed by atoms with van der Waals surface area (Å²) in [6.45, 7) is 1.03. The largest absolute Gasteiger partial charge is 0.368 e. The number of aromatic nitrogens is 8. The first kappa shape index (κ1) is 33.1. The fraction of sp³-hybridized carbons (Fsp3) is 0.273. The highest BCUT2D eigenvalue weighted by Gasteiger charge is 2.13. The second-order valence-electron chi connectivity index (χ2n) is 8.18. The standard InChI is InChI=1S/C22H32N18.2ClH/c23-19(33-21(25)39(35-11-7-27-15-35)36-12-8-28-16-36)31-5-3-1-2-4-6-32-20(24)34-22(26)40(37-13-9-29-17-37)38-14-10-30-18-38;;/h7-18H,1-6H2,(H4,23,25,31,33)(H4,24,26,32,34);2*1H. The lowest BCUT2D eigenvalue weighted by atomic mass is 10.2. The molecule has 0 aliphatic rings. The number of imidazole rings is 4. The number of hydrogen-bond acceptors (Lipinski definition) is 6. The van der Waals surface area contributed by atoms with Gasteiger partial charge in [0.1, 0.15) is 25.3 Å². The van der Waals surface area contributed by atoms with E-state index in [4.69, 9.17) is 22.9 Å². The second-order valence-corrected chi connectivity index (χ2v) is 8.18. The van der Waals surface area contributed by atoms with Gasteiger partial charge < -0.3 is 22.9 Å². The number of hydrogen-bond donors (Lipinski definition) is 4. The van der Waals surface area contributed by atoms with Gasteiger partial charge in [-0.3, -0.25) is 9.98 Å². The number of halogens is 2. The summed E-state index contributed by atoms with van der Waals surface area (Å²) in [5.41, 5.74) is 24.3. The van der Waals surface area contributed by atoms with Crippen LogP contribution in [0.1, 0.15) is 25.7 Å². The van der Waals surface area contributed by atoms with Crippen molar-refractivity contribution in [1.82, 2.24) is 38.6 Å². The smallest absolute Gasteiger partial charge is 0.239 e. The molecule has 42 heavy (non-hydrogen) atoms. The highest BCUT2D eigenvalue weighted by atomic mass is 35.5. The predicted molar refractivity (Wildman–Crippen MR) is 165 cm³/mol. The van der Waals surface area contributed by atoms with E-state index in [1.807, 2.05) is 0 Å². The topological polar surface area (TPSA) is 231 Å². The average Bonchev–Trinajstić information content (AvgIpc) is 3.75. The first-order chi connectivity index (χ1) is 19.5. The molecule has 18 nitrogen and oxygen atoms in total. The summed E-state index contributed by atoms with van der Waals surface area (Å²) in [6, 6.07) is 0. The molecule has 4 rings (SSSR count). The molecule has 20 heteroatoms. The van der Waals surface area contributed by atoms with Crippen LogP contribution in [0.5, 0.6) is 0 Å². The quantitative estimate of drug-likeness (QED) is 0.0965. The van der Waals surface area contributed by atoms with Crippen LogP contribution in [-0.4, -0.2) is 75.6 Å². The van der Waals surface area contributed by atoms with E-state index in [0.29, 0.717) is 13.1 Å². The lowest BCUT2D eigenvalue weighted by Crippen LogP contribution is -2.48. The van der Waals surface area contributed by atoms with Crippen LogP contribution < -0.4 is 33.2 Å². The van der Waals surface area contributed by atoms with Gasteiger partial charge in [-0.1, -0.05) is 12.8 Å². The lowest BCUT2D eigenvalue weighted by molar-refractivity contribution is 0.619. The minimum absolute atomic E-state index is 0. The van der Waals surface area contributed by atoms with Crippen LogP contribution in [-0.2, 0) is 0 Å². The predicted octanol–water partition coefficient (Wildman–Crippen LogP) is -0.362. The summed E-state index contributed by atoms with van der Waals surface area (Å²) in [6.07, 6.45) is 23.2. The Morgan fingerprint density at radius 3 is 1.10 bits per heavy atom. The van der Waals surface area contributed by atoms with E-state index in [1.54, 1.807) is 104 Å². The van der Waals surface area contributed by atoms with Crippen molar-refractivity contribution in [3.8, 4) is 0 Å². The summed E-state index contributed by atoms with van der Waals surface area (Å²) in [7, 11) is 0. The molecule has 0 aliphatic carbocycles. The van der Waals surface area contributed by atoms with E-state index >= 15 is 0 Å². The van der Waals surface area contributed by atoms with Crippen LogP contribution in [0.15, 0.2) is 94.9 Å². The first-order valence-electron chi connectivity index (χ1n) is 12.3. The van der Waals surface area contributed by atoms with E-state index < -0.39 is 0 Å². The second kappa shape index (κ2) is 16.9. The van der Waals surface area contributed by atoms with Gasteiger partial charge in [0.25, 0.3) is 0 Å². The fourth-order valence-corrected chi connectivity index (χ4v) is 3.53. The monoisotopic (exact) mass is 620 g/mol. The number of nitrogens with zero attached hydrogens (tertiary/aromatic N) is 14. The Bertz CT molecular complexity index is 1210. The minimum atomic E-state index is 0. The summed E-state index contributed by atoms with van der Waals surface area (Å²) < 4.78 is 6.55. The molecule has 0 bridgehead atoms. The molecule has 0 amide bonds. The summed E-state index contributed by atoms with van der Waals surface area (Å²) >= 11 is 0. The minimum Gasteiger partial charge on any atom is -0.368 e. The van der Waals surface area contributed by atoms with E-state index in [0.717, 1.165) is 25.7 Å². The number of unbranched alkanes of at least 4 members (excludes halogenated alkanes) is 3. The van der Waals surface area contributed by atoms with Crippen molar-refractivity contribution in [1.29, 1.82) is 0 Å². The Labute approximate surface area is 253 Å². The van der Waals surface area contributed by atoms with Gasteiger partial charge in [-0.15, -0.1) is 35.0 Å². The fourth-order valence-electron chi connectivity index (χ4n) is 3.53. The maximum Gasteiger partial charge on any atom is 0.239 e. The molecule has 4 aromatic rings. The van der Waals surface area contributed by atoms with E-state index in [1.165, 1.54) is 0 Å². The number of nitrogens with two attached hydrogens (primary N) is 4. The molecular formula is C22H34Cl2N18. The number of guanidine groups is 4. The van der Waals surface area contributed by atoms with Crippen molar-refractivity contribution in [3.05, 3.63) is 74.9 Å². The highest BCUT2D eigenvalue weighted by Crippen LogP contribution is 2.02. The van der Waals surface area contributed by atoms with Gasteiger partial charge in [0, 0.05) is 62.7 Å². The molecule has 0 radical (unpaired) electrons. The van der Waals surface area contributed by atoms with E-state index in [9.17, 15) is 0 Å². The average molecular weight is 622 g/mol. The van der Waals surface area contributed by atoms with Crippen LogP contribution in [0.2, 0.25) is 0 Å². The van der Waals surface area contributed by atoms with Crippen LogP contribution in [0.25, 0.3) is 0 Å². The van der Waals surface area contributed by atoms with Gasteiger partial charge in [0.2, 0.25) is 23.8 Å². The van der Waals surface area contributed by atoms with Crippen LogP contribution in [0.3, 0.4) is 0 Å². The molecule has 226 valence electrons. The van der Waals surface area contributed by atoms with Crippen molar-refractivity contribution < 1.29 is 0 Å². The molecule has 4 heterocycles. The molecule has 4 aromatic heterocycles. The van der Waals surface area contributed by atoms with Crippen molar-refractivity contribution in [3.63, 3.8) is 0 Å². The third kappa shape index (κ3) is 9.24. The molecule has 0 fully saturated rings. The Kier molecular flexibility index (Phi) is 13.3. The van der Waals surface area contributed by atoms with E-state index in [-0.39, 0.29) is 48.7 Å². The van der Waals surface area contributed by atoms with Crippen molar-refractivity contribution >= 4 is 48.7 Å². The Morgan fingerprint density at radius 2 is 0.833 bits per heavy atom. The van der Waals surface area contributed by atoms with Gasteiger partial charge in [-0.25, -0.2) is 38.6 Å². The molecular weight excluding hydrogens is 587 g/mol. The maximum atomic E-state index is 6.17. The molecule has 0 saturated heterocycles. The Balaban J connectivity index is 0.00000308. The van der Waals surface area contributed by atoms with E-state index in [2.05, 4.69) is 39.9 Å². The van der Waals surface area contributed by atoms with Crippen LogP contribution in [0, 0.1) is 0 Å². The normalized spacial score (nSPS) is 12.5. The SMILES string of the molecule is Cl.Cl.NC(=NCCCCCCN=C(N)/N=C(\N)N(n1ccnc1)n1ccnc1)/N=C(\N)N(n1ccnc1)n1ccnc1. The van der Waals surface area contributed by atoms with Crippen LogP contribution >= 0.6 is 24.8 Å². The third-order valence-electron chi connectivity index (χ3n) is 5.32. The van der Waals surface area contributed by atoms with Gasteiger partial charge in [0.15, 0.2) is 0 Å². The Hall–Kier alpha value is -5.10. The highest BCUT2D eigenvalue weighted by molar-refractivity contribution is 5.98. The molecule has 0 spiro atoms.